The standard InChI is InChI=1S/C22H13Cl2N5O4/c1-12-21(11-27)19(28)33-22(12,13-2-4-14(23)5-3-13)32-18(20(21,9-25)10-26)16-8-15(29(30)31)6-7-17(16)24/h2-8,12,18,28H,1H3. The number of non-ortho nitro benzene ring substituents is 1. The maximum Gasteiger partial charge on any atom is 0.269 e. The summed E-state index contributed by atoms with van der Waals surface area (Å²) in [6.45, 7) is 1.55. The number of halogens is 2. The summed E-state index contributed by atoms with van der Waals surface area (Å²) in [7, 11) is 0. The van der Waals surface area contributed by atoms with Gasteiger partial charge in [-0.05, 0) is 18.2 Å². The van der Waals surface area contributed by atoms with Crippen LogP contribution in [0.25, 0.3) is 0 Å². The van der Waals surface area contributed by atoms with E-state index < -0.39 is 39.5 Å². The van der Waals surface area contributed by atoms with E-state index in [4.69, 9.17) is 38.1 Å². The van der Waals surface area contributed by atoms with Gasteiger partial charge < -0.3 is 9.47 Å². The zero-order valence-electron chi connectivity index (χ0n) is 16.9. The first-order chi connectivity index (χ1) is 15.6. The van der Waals surface area contributed by atoms with Gasteiger partial charge in [0.1, 0.15) is 6.10 Å². The van der Waals surface area contributed by atoms with Gasteiger partial charge in [-0.2, -0.15) is 15.8 Å². The first-order valence-electron chi connectivity index (χ1n) is 9.53. The summed E-state index contributed by atoms with van der Waals surface area (Å²) in [5.41, 5.74) is -4.37. The van der Waals surface area contributed by atoms with E-state index >= 15 is 0 Å². The molecule has 9 nitrogen and oxygen atoms in total. The van der Waals surface area contributed by atoms with Gasteiger partial charge in [0.2, 0.25) is 17.1 Å². The fourth-order valence-electron chi connectivity index (χ4n) is 4.68. The lowest BCUT2D eigenvalue weighted by Gasteiger charge is -2.48. The number of ether oxygens (including phenoxy) is 2. The lowest BCUT2D eigenvalue weighted by atomic mass is 9.53. The molecule has 0 aliphatic carbocycles. The second-order valence-corrected chi connectivity index (χ2v) is 8.58. The van der Waals surface area contributed by atoms with Crippen LogP contribution in [0.5, 0.6) is 0 Å². The molecule has 2 aliphatic rings. The lowest BCUT2D eigenvalue weighted by Crippen LogP contribution is -2.57. The Morgan fingerprint density at radius 2 is 1.73 bits per heavy atom. The van der Waals surface area contributed by atoms with E-state index in [2.05, 4.69) is 0 Å². The van der Waals surface area contributed by atoms with Crippen LogP contribution < -0.4 is 0 Å². The third-order valence-electron chi connectivity index (χ3n) is 6.39. The third-order valence-corrected chi connectivity index (χ3v) is 6.98. The molecular weight excluding hydrogens is 469 g/mol. The molecule has 2 aromatic carbocycles. The monoisotopic (exact) mass is 481 g/mol. The van der Waals surface area contributed by atoms with Gasteiger partial charge in [-0.3, -0.25) is 15.5 Å². The van der Waals surface area contributed by atoms with Crippen LogP contribution in [0.2, 0.25) is 10.0 Å². The minimum absolute atomic E-state index is 0.0136. The number of hydrogen-bond acceptors (Lipinski definition) is 8. The average molecular weight is 482 g/mol. The lowest BCUT2D eigenvalue weighted by molar-refractivity contribution is -0.385. The van der Waals surface area contributed by atoms with Crippen LogP contribution in [0.1, 0.15) is 24.2 Å². The molecule has 11 heteroatoms. The molecule has 0 saturated carbocycles. The van der Waals surface area contributed by atoms with Crippen LogP contribution in [0.4, 0.5) is 5.69 Å². The highest BCUT2D eigenvalue weighted by Gasteiger charge is 2.80. The van der Waals surface area contributed by atoms with Gasteiger partial charge in [-0.15, -0.1) is 0 Å². The molecular formula is C22H13Cl2N5O4. The van der Waals surface area contributed by atoms with Crippen molar-refractivity contribution in [3.8, 4) is 18.2 Å². The van der Waals surface area contributed by atoms with Crippen LogP contribution >= 0.6 is 23.2 Å². The smallest absolute Gasteiger partial charge is 0.269 e. The Balaban J connectivity index is 2.07. The number of hydrogen-bond donors (Lipinski definition) is 1. The number of nitriles is 3. The fourth-order valence-corrected chi connectivity index (χ4v) is 5.02. The molecule has 4 atom stereocenters. The Hall–Kier alpha value is -3.68. The van der Waals surface area contributed by atoms with Crippen LogP contribution in [0.15, 0.2) is 42.5 Å². The number of fused-ring (bicyclic) bond motifs is 2. The van der Waals surface area contributed by atoms with Gasteiger partial charge in [0.05, 0.1) is 29.0 Å². The number of rotatable bonds is 3. The van der Waals surface area contributed by atoms with Crippen molar-refractivity contribution in [1.29, 1.82) is 21.2 Å². The number of nitrogens with one attached hydrogen (secondary N) is 1. The third kappa shape index (κ3) is 2.70. The van der Waals surface area contributed by atoms with Crippen LogP contribution in [-0.2, 0) is 15.3 Å². The molecule has 2 bridgehead atoms. The topological polar surface area (TPSA) is 157 Å². The van der Waals surface area contributed by atoms with Gasteiger partial charge in [-0.1, -0.05) is 42.3 Å². The van der Waals surface area contributed by atoms with E-state index in [1.807, 2.05) is 18.2 Å². The summed E-state index contributed by atoms with van der Waals surface area (Å²) in [4.78, 5) is 10.7. The summed E-state index contributed by atoms with van der Waals surface area (Å²) in [6, 6.07) is 15.5. The molecule has 2 saturated heterocycles. The Labute approximate surface area is 197 Å². The van der Waals surface area contributed by atoms with Crippen molar-refractivity contribution >= 4 is 34.8 Å². The van der Waals surface area contributed by atoms with Crippen molar-refractivity contribution in [3.05, 3.63) is 73.8 Å². The number of nitro benzene ring substituents is 1. The highest BCUT2D eigenvalue weighted by atomic mass is 35.5. The minimum atomic E-state index is -2.30. The Morgan fingerprint density at radius 1 is 1.09 bits per heavy atom. The quantitative estimate of drug-likeness (QED) is 0.476. The predicted molar refractivity (Wildman–Crippen MR) is 115 cm³/mol. The first kappa shape index (κ1) is 22.5. The number of benzene rings is 2. The Bertz CT molecular complexity index is 1310. The second-order valence-electron chi connectivity index (χ2n) is 7.74. The van der Waals surface area contributed by atoms with E-state index in [1.54, 1.807) is 31.2 Å². The maximum absolute atomic E-state index is 11.4. The van der Waals surface area contributed by atoms with Gasteiger partial charge in [0.15, 0.2) is 5.41 Å². The molecule has 33 heavy (non-hydrogen) atoms. The van der Waals surface area contributed by atoms with E-state index in [9.17, 15) is 25.9 Å². The summed E-state index contributed by atoms with van der Waals surface area (Å²) < 4.78 is 12.1. The highest BCUT2D eigenvalue weighted by molar-refractivity contribution is 6.31. The molecule has 2 aromatic rings. The van der Waals surface area contributed by atoms with Crippen molar-refractivity contribution < 1.29 is 14.4 Å². The van der Waals surface area contributed by atoms with Crippen molar-refractivity contribution in [2.75, 3.05) is 0 Å². The molecule has 0 amide bonds. The van der Waals surface area contributed by atoms with Gasteiger partial charge in [-0.25, -0.2) is 0 Å². The van der Waals surface area contributed by atoms with E-state index in [-0.39, 0.29) is 16.3 Å². The summed E-state index contributed by atoms with van der Waals surface area (Å²) in [5, 5.41) is 51.1. The molecule has 0 spiro atoms. The highest BCUT2D eigenvalue weighted by Crippen LogP contribution is 2.69. The van der Waals surface area contributed by atoms with E-state index in [0.717, 1.165) is 6.07 Å². The first-order valence-corrected chi connectivity index (χ1v) is 10.3. The molecule has 4 unspecified atom stereocenters. The molecule has 4 rings (SSSR count). The summed E-state index contributed by atoms with van der Waals surface area (Å²) in [5.74, 6) is -3.36. The van der Waals surface area contributed by atoms with Crippen molar-refractivity contribution in [2.45, 2.75) is 18.8 Å². The zero-order chi connectivity index (χ0) is 24.2. The largest absolute Gasteiger partial charge is 0.443 e. The van der Waals surface area contributed by atoms with Crippen molar-refractivity contribution in [1.82, 2.24) is 0 Å². The molecule has 2 aliphatic heterocycles. The fraction of sp³-hybridized carbons (Fsp3) is 0.273. The summed E-state index contributed by atoms with van der Waals surface area (Å²) in [6.07, 6.45) is -1.56. The molecule has 0 radical (unpaired) electrons. The van der Waals surface area contributed by atoms with Gasteiger partial charge >= 0.3 is 0 Å². The average Bonchev–Trinajstić information content (AvgIpc) is 2.96. The van der Waals surface area contributed by atoms with Crippen molar-refractivity contribution in [3.63, 3.8) is 0 Å². The molecule has 0 aromatic heterocycles. The zero-order valence-corrected chi connectivity index (χ0v) is 18.4. The second kappa shape index (κ2) is 7.43. The van der Waals surface area contributed by atoms with Crippen LogP contribution in [-0.4, -0.2) is 10.8 Å². The van der Waals surface area contributed by atoms with Gasteiger partial charge in [0, 0.05) is 33.3 Å². The number of nitrogens with zero attached hydrogens (tertiary/aromatic N) is 4. The van der Waals surface area contributed by atoms with Gasteiger partial charge in [0.25, 0.3) is 5.69 Å². The minimum Gasteiger partial charge on any atom is -0.443 e. The molecule has 164 valence electrons. The molecule has 2 heterocycles. The van der Waals surface area contributed by atoms with E-state index in [1.165, 1.54) is 12.1 Å². The SMILES string of the molecule is CC1C2(c3ccc(Cl)cc3)OC(=N)C1(C#N)C(C#N)(C#N)C(c1cc([N+](=O)[O-])ccc1Cl)O2. The Kier molecular flexibility index (Phi) is 5.07. The maximum atomic E-state index is 11.4. The Morgan fingerprint density at radius 3 is 2.27 bits per heavy atom. The summed E-state index contributed by atoms with van der Waals surface area (Å²) >= 11 is 12.4. The molecule has 2 fully saturated rings. The van der Waals surface area contributed by atoms with Crippen LogP contribution in [0, 0.1) is 66.3 Å². The molecule has 1 N–H and O–H groups in total. The number of nitro groups is 1. The van der Waals surface area contributed by atoms with Crippen molar-refractivity contribution in [2.24, 2.45) is 16.7 Å². The van der Waals surface area contributed by atoms with E-state index in [0.29, 0.717) is 10.6 Å². The predicted octanol–water partition coefficient (Wildman–Crippen LogP) is 5.01. The van der Waals surface area contributed by atoms with Crippen LogP contribution in [0.3, 0.4) is 0 Å². The normalized spacial score (nSPS) is 29.3.